The minimum absolute atomic E-state index is 0.135. The Balaban J connectivity index is 1.88. The highest BCUT2D eigenvalue weighted by molar-refractivity contribution is 6.31. The van der Waals surface area contributed by atoms with Crippen molar-refractivity contribution in [3.63, 3.8) is 0 Å². The fourth-order valence-corrected chi connectivity index (χ4v) is 3.09. The van der Waals surface area contributed by atoms with Crippen molar-refractivity contribution in [2.45, 2.75) is 20.5 Å². The number of aromatic nitrogens is 1. The maximum atomic E-state index is 13.1. The molecule has 0 atom stereocenters. The van der Waals surface area contributed by atoms with Crippen LogP contribution in [0.2, 0.25) is 5.02 Å². The number of rotatable bonds is 4. The number of nitrogens with zero attached hydrogens (tertiary/aromatic N) is 1. The molecule has 0 aliphatic carbocycles. The summed E-state index contributed by atoms with van der Waals surface area (Å²) in [4.78, 5) is 13.1. The van der Waals surface area contributed by atoms with Gasteiger partial charge in [0.1, 0.15) is 18.0 Å². The number of halogens is 1. The molecule has 2 aromatic heterocycles. The van der Waals surface area contributed by atoms with E-state index < -0.39 is 0 Å². The zero-order valence-corrected chi connectivity index (χ0v) is 15.5. The Morgan fingerprint density at radius 2 is 1.89 bits per heavy atom. The normalized spacial score (nSPS) is 11.1. The predicted octanol–water partition coefficient (Wildman–Crippen LogP) is 5.30. The van der Waals surface area contributed by atoms with Crippen molar-refractivity contribution in [3.8, 4) is 17.1 Å². The molecule has 6 heteroatoms. The smallest absolute Gasteiger partial charge is 0.235 e. The highest BCUT2D eigenvalue weighted by Crippen LogP contribution is 2.32. The summed E-state index contributed by atoms with van der Waals surface area (Å²) in [6, 6.07) is 14.3. The van der Waals surface area contributed by atoms with E-state index in [9.17, 15) is 4.79 Å². The molecular weight excluding hydrogens is 366 g/mol. The molecule has 0 amide bonds. The second-order valence-electron chi connectivity index (χ2n) is 6.19. The first-order chi connectivity index (χ1) is 13.0. The van der Waals surface area contributed by atoms with E-state index in [0.29, 0.717) is 27.5 Å². The van der Waals surface area contributed by atoms with E-state index >= 15 is 0 Å². The quantitative estimate of drug-likeness (QED) is 0.480. The van der Waals surface area contributed by atoms with Gasteiger partial charge in [-0.05, 0) is 32.0 Å². The maximum Gasteiger partial charge on any atom is 0.235 e. The van der Waals surface area contributed by atoms with Crippen LogP contribution in [0.1, 0.15) is 17.0 Å². The molecule has 0 fully saturated rings. The van der Waals surface area contributed by atoms with Gasteiger partial charge in [-0.3, -0.25) is 4.79 Å². The summed E-state index contributed by atoms with van der Waals surface area (Å²) in [6.45, 7) is 3.78. The molecule has 0 N–H and O–H groups in total. The molecule has 4 rings (SSSR count). The Labute approximate surface area is 160 Å². The number of benzene rings is 2. The van der Waals surface area contributed by atoms with Gasteiger partial charge in [0.05, 0.1) is 16.6 Å². The Kier molecular flexibility index (Phi) is 4.46. The topological polar surface area (TPSA) is 65.5 Å². The fraction of sp³-hybridized carbons (Fsp3) is 0.143. The minimum Gasteiger partial charge on any atom is -0.481 e. The summed E-state index contributed by atoms with van der Waals surface area (Å²) in [5, 5.41) is 4.75. The first-order valence-corrected chi connectivity index (χ1v) is 8.78. The van der Waals surface area contributed by atoms with Gasteiger partial charge in [0.2, 0.25) is 11.2 Å². The molecule has 2 heterocycles. The third kappa shape index (κ3) is 3.22. The van der Waals surface area contributed by atoms with Gasteiger partial charge in [-0.25, -0.2) is 0 Å². The van der Waals surface area contributed by atoms with Crippen LogP contribution in [0.25, 0.3) is 22.3 Å². The lowest BCUT2D eigenvalue weighted by molar-refractivity contribution is 0.294. The Morgan fingerprint density at radius 3 is 2.59 bits per heavy atom. The minimum atomic E-state index is -0.274. The van der Waals surface area contributed by atoms with Gasteiger partial charge in [0.25, 0.3) is 0 Å². The Morgan fingerprint density at radius 1 is 1.11 bits per heavy atom. The van der Waals surface area contributed by atoms with Crippen LogP contribution in [0.5, 0.6) is 5.75 Å². The molecule has 0 saturated heterocycles. The monoisotopic (exact) mass is 381 g/mol. The van der Waals surface area contributed by atoms with E-state index in [1.807, 2.05) is 37.3 Å². The first-order valence-electron chi connectivity index (χ1n) is 8.41. The molecule has 4 aromatic rings. The lowest BCUT2D eigenvalue weighted by Crippen LogP contribution is -2.11. The van der Waals surface area contributed by atoms with Crippen molar-refractivity contribution < 1.29 is 13.7 Å². The van der Waals surface area contributed by atoms with Crippen molar-refractivity contribution in [3.05, 3.63) is 80.8 Å². The van der Waals surface area contributed by atoms with Crippen molar-refractivity contribution in [2.75, 3.05) is 0 Å². The van der Waals surface area contributed by atoms with Crippen LogP contribution in [0.4, 0.5) is 0 Å². The second-order valence-corrected chi connectivity index (χ2v) is 6.62. The summed E-state index contributed by atoms with van der Waals surface area (Å²) in [6.07, 6.45) is 0. The molecule has 0 unspecified atom stereocenters. The van der Waals surface area contributed by atoms with Crippen LogP contribution in [0.3, 0.4) is 0 Å². The van der Waals surface area contributed by atoms with Gasteiger partial charge < -0.3 is 13.7 Å². The second kappa shape index (κ2) is 6.93. The van der Waals surface area contributed by atoms with Gasteiger partial charge in [0, 0.05) is 10.6 Å². The number of ether oxygens (including phenoxy) is 1. The summed E-state index contributed by atoms with van der Waals surface area (Å²) >= 11 is 6.06. The van der Waals surface area contributed by atoms with Gasteiger partial charge >= 0.3 is 0 Å². The van der Waals surface area contributed by atoms with Crippen molar-refractivity contribution >= 4 is 22.6 Å². The lowest BCUT2D eigenvalue weighted by Gasteiger charge is -2.12. The van der Waals surface area contributed by atoms with Crippen LogP contribution < -0.4 is 10.2 Å². The van der Waals surface area contributed by atoms with Crippen molar-refractivity contribution in [2.24, 2.45) is 0 Å². The van der Waals surface area contributed by atoms with Crippen molar-refractivity contribution in [1.29, 1.82) is 0 Å². The maximum absolute atomic E-state index is 13.1. The SMILES string of the molecule is Cc1noc(C)c1COc1c(-c2ccccc2)oc2ccc(Cl)cc2c1=O. The summed E-state index contributed by atoms with van der Waals surface area (Å²) in [5.74, 6) is 1.17. The number of fused-ring (bicyclic) bond motifs is 1. The molecule has 0 radical (unpaired) electrons. The number of aryl methyl sites for hydroxylation is 2. The molecule has 0 saturated carbocycles. The van der Waals surface area contributed by atoms with Gasteiger partial charge in [-0.2, -0.15) is 0 Å². The number of hydrogen-bond acceptors (Lipinski definition) is 5. The van der Waals surface area contributed by atoms with Crippen LogP contribution in [-0.2, 0) is 6.61 Å². The van der Waals surface area contributed by atoms with E-state index in [0.717, 1.165) is 16.8 Å². The molecular formula is C21H16ClNO4. The third-order valence-electron chi connectivity index (χ3n) is 4.39. The van der Waals surface area contributed by atoms with E-state index in [-0.39, 0.29) is 17.8 Å². The van der Waals surface area contributed by atoms with Crippen molar-refractivity contribution in [1.82, 2.24) is 5.16 Å². The zero-order valence-electron chi connectivity index (χ0n) is 14.8. The lowest BCUT2D eigenvalue weighted by atomic mass is 10.1. The van der Waals surface area contributed by atoms with Crippen LogP contribution in [0, 0.1) is 13.8 Å². The molecule has 0 aliphatic rings. The summed E-state index contributed by atoms with van der Waals surface area (Å²) in [5.41, 5.74) is 2.46. The fourth-order valence-electron chi connectivity index (χ4n) is 2.91. The average molecular weight is 382 g/mol. The van der Waals surface area contributed by atoms with Gasteiger partial charge in [-0.15, -0.1) is 0 Å². The van der Waals surface area contributed by atoms with Crippen LogP contribution in [-0.4, -0.2) is 5.16 Å². The molecule has 136 valence electrons. The number of hydrogen-bond donors (Lipinski definition) is 0. The molecule has 2 aromatic carbocycles. The highest BCUT2D eigenvalue weighted by atomic mass is 35.5. The Hall–Kier alpha value is -3.05. The van der Waals surface area contributed by atoms with E-state index in [2.05, 4.69) is 5.16 Å². The standard InChI is InChI=1S/C21H16ClNO4/c1-12-17(13(2)27-23-12)11-25-21-19(24)16-10-15(22)8-9-18(16)26-20(21)14-6-4-3-5-7-14/h3-10H,11H2,1-2H3. The molecule has 0 bridgehead atoms. The van der Waals surface area contributed by atoms with E-state index in [1.165, 1.54) is 0 Å². The molecule has 27 heavy (non-hydrogen) atoms. The van der Waals surface area contributed by atoms with Crippen LogP contribution in [0.15, 0.2) is 62.3 Å². The third-order valence-corrected chi connectivity index (χ3v) is 4.62. The molecule has 0 aliphatic heterocycles. The van der Waals surface area contributed by atoms with Gasteiger partial charge in [0.15, 0.2) is 5.76 Å². The molecule has 0 spiro atoms. The van der Waals surface area contributed by atoms with Crippen LogP contribution >= 0.6 is 11.6 Å². The summed E-state index contributed by atoms with van der Waals surface area (Å²) < 4.78 is 17.1. The van der Waals surface area contributed by atoms with E-state index in [4.69, 9.17) is 25.3 Å². The van der Waals surface area contributed by atoms with Gasteiger partial charge in [-0.1, -0.05) is 47.1 Å². The highest BCUT2D eigenvalue weighted by Gasteiger charge is 2.19. The molecule has 5 nitrogen and oxygen atoms in total. The summed E-state index contributed by atoms with van der Waals surface area (Å²) in [7, 11) is 0. The largest absolute Gasteiger partial charge is 0.481 e. The average Bonchev–Trinajstić information content (AvgIpc) is 3.00. The predicted molar refractivity (Wildman–Crippen MR) is 103 cm³/mol. The zero-order chi connectivity index (χ0) is 19.0. The first kappa shape index (κ1) is 17.4. The Bertz CT molecular complexity index is 1160. The van der Waals surface area contributed by atoms with E-state index in [1.54, 1.807) is 25.1 Å².